The first-order valence-electron chi connectivity index (χ1n) is 10.6. The van der Waals surface area contributed by atoms with Crippen LogP contribution in [0.3, 0.4) is 0 Å². The van der Waals surface area contributed by atoms with Crippen LogP contribution in [-0.2, 0) is 24.4 Å². The van der Waals surface area contributed by atoms with E-state index in [1.54, 1.807) is 11.1 Å². The van der Waals surface area contributed by atoms with Gasteiger partial charge >= 0.3 is 0 Å². The first-order chi connectivity index (χ1) is 13.8. The molecule has 6 nitrogen and oxygen atoms in total. The minimum atomic E-state index is -1.34. The summed E-state index contributed by atoms with van der Waals surface area (Å²) in [6.07, 6.45) is 5.06. The van der Waals surface area contributed by atoms with E-state index in [1.807, 2.05) is 18.1 Å². The lowest BCUT2D eigenvalue weighted by Gasteiger charge is -2.40. The Morgan fingerprint density at radius 1 is 1.28 bits per heavy atom. The smallest absolute Gasteiger partial charge is 0.256 e. The number of piperidine rings is 1. The second-order valence-corrected chi connectivity index (χ2v) is 8.56. The van der Waals surface area contributed by atoms with E-state index in [0.717, 1.165) is 24.4 Å². The standard InChI is InChI=1S/C23H34N4O2/c1-5-26-14-12-24-21(26)16-25(4)17-23(29)11-6-13-27(22(23)28)15-19-7-9-20(10-8-19)18(2)3/h7-10,12,14,18,29H,5-6,11,13,15-17H2,1-4H3. The first kappa shape index (κ1) is 21.5. The van der Waals surface area contributed by atoms with E-state index in [4.69, 9.17) is 0 Å². The third-order valence-corrected chi connectivity index (χ3v) is 5.81. The molecule has 0 aliphatic carbocycles. The minimum Gasteiger partial charge on any atom is -0.379 e. The van der Waals surface area contributed by atoms with Crippen molar-refractivity contribution in [1.82, 2.24) is 19.4 Å². The van der Waals surface area contributed by atoms with Crippen molar-refractivity contribution in [3.8, 4) is 0 Å². The molecule has 1 aliphatic heterocycles. The second kappa shape index (κ2) is 9.09. The van der Waals surface area contributed by atoms with Gasteiger partial charge in [-0.1, -0.05) is 38.1 Å². The van der Waals surface area contributed by atoms with Crippen LogP contribution in [0.25, 0.3) is 0 Å². The Labute approximate surface area is 174 Å². The molecule has 1 aromatic carbocycles. The normalized spacial score (nSPS) is 20.1. The molecule has 2 aromatic rings. The van der Waals surface area contributed by atoms with E-state index in [9.17, 15) is 9.90 Å². The third-order valence-electron chi connectivity index (χ3n) is 5.81. The summed E-state index contributed by atoms with van der Waals surface area (Å²) in [4.78, 5) is 21.3. The van der Waals surface area contributed by atoms with Gasteiger partial charge in [0.15, 0.2) is 5.60 Å². The van der Waals surface area contributed by atoms with Gasteiger partial charge in [0.2, 0.25) is 0 Å². The Bertz CT molecular complexity index is 815. The quantitative estimate of drug-likeness (QED) is 0.743. The summed E-state index contributed by atoms with van der Waals surface area (Å²) >= 11 is 0. The molecular formula is C23H34N4O2. The number of imidazole rings is 1. The largest absolute Gasteiger partial charge is 0.379 e. The second-order valence-electron chi connectivity index (χ2n) is 8.56. The van der Waals surface area contributed by atoms with Crippen LogP contribution in [0.5, 0.6) is 0 Å². The van der Waals surface area contributed by atoms with Crippen LogP contribution in [-0.4, -0.2) is 56.1 Å². The van der Waals surface area contributed by atoms with Crippen molar-refractivity contribution in [3.63, 3.8) is 0 Å². The predicted molar refractivity (Wildman–Crippen MR) is 114 cm³/mol. The third kappa shape index (κ3) is 5.06. The van der Waals surface area contributed by atoms with Crippen LogP contribution >= 0.6 is 0 Å². The van der Waals surface area contributed by atoms with Gasteiger partial charge in [0.05, 0.1) is 6.54 Å². The average molecular weight is 399 g/mol. The van der Waals surface area contributed by atoms with E-state index in [2.05, 4.69) is 54.6 Å². The molecule has 158 valence electrons. The number of aryl methyl sites for hydroxylation is 1. The zero-order valence-electron chi connectivity index (χ0n) is 18.1. The molecule has 0 bridgehead atoms. The van der Waals surface area contributed by atoms with Gasteiger partial charge in [-0.05, 0) is 43.9 Å². The van der Waals surface area contributed by atoms with Crippen molar-refractivity contribution in [1.29, 1.82) is 0 Å². The highest BCUT2D eigenvalue weighted by Crippen LogP contribution is 2.26. The van der Waals surface area contributed by atoms with E-state index in [1.165, 1.54) is 5.56 Å². The van der Waals surface area contributed by atoms with Gasteiger partial charge in [-0.2, -0.15) is 0 Å². The van der Waals surface area contributed by atoms with Gasteiger partial charge in [-0.3, -0.25) is 9.69 Å². The maximum atomic E-state index is 13.1. The summed E-state index contributed by atoms with van der Waals surface area (Å²) in [6, 6.07) is 8.44. The van der Waals surface area contributed by atoms with Gasteiger partial charge < -0.3 is 14.6 Å². The lowest BCUT2D eigenvalue weighted by atomic mass is 9.90. The molecule has 29 heavy (non-hydrogen) atoms. The summed E-state index contributed by atoms with van der Waals surface area (Å²) in [5, 5.41) is 11.2. The number of carbonyl (C=O) groups is 1. The number of amides is 1. The molecule has 1 unspecified atom stereocenters. The number of hydrogen-bond acceptors (Lipinski definition) is 4. The topological polar surface area (TPSA) is 61.6 Å². The Hall–Kier alpha value is -2.18. The van der Waals surface area contributed by atoms with Crippen molar-refractivity contribution >= 4 is 5.91 Å². The van der Waals surface area contributed by atoms with Crippen LogP contribution in [0.15, 0.2) is 36.7 Å². The molecule has 3 rings (SSSR count). The number of carbonyl (C=O) groups excluding carboxylic acids is 1. The fourth-order valence-electron chi connectivity index (χ4n) is 4.11. The van der Waals surface area contributed by atoms with Gasteiger partial charge in [-0.15, -0.1) is 0 Å². The number of likely N-dealkylation sites (N-methyl/N-ethyl adjacent to an activating group) is 1. The zero-order valence-corrected chi connectivity index (χ0v) is 18.1. The molecular weight excluding hydrogens is 364 g/mol. The highest BCUT2D eigenvalue weighted by Gasteiger charge is 2.42. The molecule has 1 N–H and O–H groups in total. The monoisotopic (exact) mass is 398 g/mol. The highest BCUT2D eigenvalue weighted by atomic mass is 16.3. The molecule has 0 radical (unpaired) electrons. The number of benzene rings is 1. The Morgan fingerprint density at radius 2 is 2.00 bits per heavy atom. The molecule has 1 aliphatic rings. The number of hydrogen-bond donors (Lipinski definition) is 1. The Balaban J connectivity index is 1.64. The van der Waals surface area contributed by atoms with Crippen LogP contribution in [0, 0.1) is 0 Å². The minimum absolute atomic E-state index is 0.164. The van der Waals surface area contributed by atoms with Crippen LogP contribution in [0.1, 0.15) is 56.5 Å². The average Bonchev–Trinajstić information content (AvgIpc) is 3.13. The molecule has 0 spiro atoms. The zero-order chi connectivity index (χ0) is 21.0. The summed E-state index contributed by atoms with van der Waals surface area (Å²) in [5.74, 6) is 1.27. The maximum absolute atomic E-state index is 13.1. The Morgan fingerprint density at radius 3 is 2.66 bits per heavy atom. The van der Waals surface area contributed by atoms with Gasteiger partial charge in [-0.25, -0.2) is 4.98 Å². The SMILES string of the molecule is CCn1ccnc1CN(C)CC1(O)CCCN(Cc2ccc(C(C)C)cc2)C1=O. The first-order valence-corrected chi connectivity index (χ1v) is 10.6. The van der Waals surface area contributed by atoms with E-state index < -0.39 is 5.60 Å². The lowest BCUT2D eigenvalue weighted by Crippen LogP contribution is -2.57. The van der Waals surface area contributed by atoms with Crippen LogP contribution < -0.4 is 0 Å². The van der Waals surface area contributed by atoms with Gasteiger partial charge in [0, 0.05) is 38.6 Å². The molecule has 1 amide bonds. The van der Waals surface area contributed by atoms with Crippen molar-refractivity contribution in [2.45, 2.75) is 64.8 Å². The van der Waals surface area contributed by atoms with E-state index in [0.29, 0.717) is 38.5 Å². The van der Waals surface area contributed by atoms with Crippen molar-refractivity contribution in [2.24, 2.45) is 0 Å². The number of likely N-dealkylation sites (tertiary alicyclic amines) is 1. The molecule has 2 heterocycles. The molecule has 1 aromatic heterocycles. The molecule has 1 fully saturated rings. The number of aliphatic hydroxyl groups is 1. The summed E-state index contributed by atoms with van der Waals surface area (Å²) in [6.45, 7) is 9.43. The number of nitrogens with zero attached hydrogens (tertiary/aromatic N) is 4. The molecule has 0 saturated carbocycles. The van der Waals surface area contributed by atoms with Crippen molar-refractivity contribution < 1.29 is 9.90 Å². The fraction of sp³-hybridized carbons (Fsp3) is 0.565. The maximum Gasteiger partial charge on any atom is 0.256 e. The van der Waals surface area contributed by atoms with E-state index >= 15 is 0 Å². The van der Waals surface area contributed by atoms with Gasteiger partial charge in [0.25, 0.3) is 5.91 Å². The number of rotatable bonds is 8. The van der Waals surface area contributed by atoms with E-state index in [-0.39, 0.29) is 5.91 Å². The molecule has 6 heteroatoms. The summed E-state index contributed by atoms with van der Waals surface area (Å²) in [7, 11) is 1.93. The molecule has 1 atom stereocenters. The Kier molecular flexibility index (Phi) is 6.75. The van der Waals surface area contributed by atoms with Crippen molar-refractivity contribution in [3.05, 3.63) is 53.6 Å². The van der Waals surface area contributed by atoms with Gasteiger partial charge in [0.1, 0.15) is 5.82 Å². The van der Waals surface area contributed by atoms with Crippen LogP contribution in [0.4, 0.5) is 0 Å². The van der Waals surface area contributed by atoms with Crippen molar-refractivity contribution in [2.75, 3.05) is 20.1 Å². The fourth-order valence-corrected chi connectivity index (χ4v) is 4.11. The summed E-state index contributed by atoms with van der Waals surface area (Å²) in [5.41, 5.74) is 1.06. The highest BCUT2D eigenvalue weighted by molar-refractivity contribution is 5.86. The molecule has 1 saturated heterocycles. The lowest BCUT2D eigenvalue weighted by molar-refractivity contribution is -0.160. The predicted octanol–water partition coefficient (Wildman–Crippen LogP) is 3.01. The van der Waals surface area contributed by atoms with Crippen LogP contribution in [0.2, 0.25) is 0 Å². The summed E-state index contributed by atoms with van der Waals surface area (Å²) < 4.78 is 2.08. The number of aromatic nitrogens is 2.